The van der Waals surface area contributed by atoms with E-state index in [0.29, 0.717) is 45.3 Å². The van der Waals surface area contributed by atoms with Crippen LogP contribution in [0.3, 0.4) is 0 Å². The molecule has 1 heterocycles. The first-order chi connectivity index (χ1) is 30.2. The molecular weight excluding hydrogens is 834 g/mol. The standard InChI is InChI=1S/C44H66ClN9O9/c1-3-4-5-9-24-54(26-33(56)37(59)38(60)34(57)27-55)25-10-7-12-32(43(62)63-2)50-35(58)22-17-29-15-20-31(21-16-29)30-18-13-28(14-19-30)11-6-8-23-49-44(48)53-42(61)36-40(46)52-41(47)39(45)51-36/h13-16,18-21,32-34,37-38,55-57,59-60H,3-12,17,22-27H2,1-2H3,(H,50,58)(H4,46,47,52)(H3,48,49,53,61)/t32-,33-,34+,37+,38+/m0/s1. The predicted molar refractivity (Wildman–Crippen MR) is 242 cm³/mol. The number of nitrogens with zero attached hydrogens (tertiary/aromatic N) is 4. The van der Waals surface area contributed by atoms with Gasteiger partial charge in [-0.1, -0.05) is 86.3 Å². The van der Waals surface area contributed by atoms with E-state index in [1.165, 1.54) is 7.11 Å². The minimum Gasteiger partial charge on any atom is -0.467 e. The number of aliphatic hydroxyl groups is 5. The van der Waals surface area contributed by atoms with Crippen molar-refractivity contribution in [2.24, 2.45) is 10.7 Å². The summed E-state index contributed by atoms with van der Waals surface area (Å²) in [4.78, 5) is 51.8. The summed E-state index contributed by atoms with van der Waals surface area (Å²) in [5, 5.41) is 54.9. The van der Waals surface area contributed by atoms with Gasteiger partial charge in [-0.3, -0.25) is 19.9 Å². The van der Waals surface area contributed by atoms with Crippen molar-refractivity contribution >= 4 is 47.0 Å². The Morgan fingerprint density at radius 2 is 1.41 bits per heavy atom. The van der Waals surface area contributed by atoms with Crippen molar-refractivity contribution in [3.63, 3.8) is 0 Å². The Hall–Kier alpha value is -4.95. The quantitative estimate of drug-likeness (QED) is 0.0216. The molecule has 2 amide bonds. The molecule has 0 aliphatic rings. The zero-order chi connectivity index (χ0) is 46.3. The van der Waals surface area contributed by atoms with Gasteiger partial charge in [-0.15, -0.1) is 0 Å². The Labute approximate surface area is 374 Å². The molecule has 0 spiro atoms. The Morgan fingerprint density at radius 1 is 0.810 bits per heavy atom. The number of esters is 1. The van der Waals surface area contributed by atoms with Crippen LogP contribution in [0.25, 0.3) is 11.1 Å². The highest BCUT2D eigenvalue weighted by Crippen LogP contribution is 2.22. The Morgan fingerprint density at radius 3 is 2.02 bits per heavy atom. The van der Waals surface area contributed by atoms with E-state index in [0.717, 1.165) is 67.2 Å². The third-order valence-electron chi connectivity index (χ3n) is 10.5. The van der Waals surface area contributed by atoms with Gasteiger partial charge < -0.3 is 57.7 Å². The number of methoxy groups -OCH3 is 1. The summed E-state index contributed by atoms with van der Waals surface area (Å²) in [5.74, 6) is -1.83. The fourth-order valence-electron chi connectivity index (χ4n) is 6.78. The van der Waals surface area contributed by atoms with Gasteiger partial charge in [0.1, 0.15) is 24.4 Å². The van der Waals surface area contributed by atoms with Crippen LogP contribution in [0.2, 0.25) is 5.15 Å². The van der Waals surface area contributed by atoms with Crippen LogP contribution in [0.4, 0.5) is 11.6 Å². The van der Waals surface area contributed by atoms with Crippen molar-refractivity contribution in [3.05, 3.63) is 70.5 Å². The summed E-state index contributed by atoms with van der Waals surface area (Å²) in [6, 6.07) is 15.4. The zero-order valence-corrected chi connectivity index (χ0v) is 37.1. The van der Waals surface area contributed by atoms with Gasteiger partial charge in [-0.2, -0.15) is 0 Å². The van der Waals surface area contributed by atoms with Crippen LogP contribution in [0.15, 0.2) is 53.5 Å². The van der Waals surface area contributed by atoms with Crippen LogP contribution in [-0.2, 0) is 27.2 Å². The number of aliphatic hydroxyl groups excluding tert-OH is 5. The molecule has 63 heavy (non-hydrogen) atoms. The topological polar surface area (TPSA) is 305 Å². The highest BCUT2D eigenvalue weighted by atomic mass is 35.5. The van der Waals surface area contributed by atoms with Crippen molar-refractivity contribution in [3.8, 4) is 11.1 Å². The lowest BCUT2D eigenvalue weighted by Crippen LogP contribution is -2.50. The third kappa shape index (κ3) is 18.4. The number of unbranched alkanes of at least 4 members (excludes halogenated alkanes) is 5. The second-order valence-corrected chi connectivity index (χ2v) is 15.9. The van der Waals surface area contributed by atoms with E-state index in [2.05, 4.69) is 56.8 Å². The molecule has 0 fully saturated rings. The summed E-state index contributed by atoms with van der Waals surface area (Å²) in [5.41, 5.74) is 21.1. The van der Waals surface area contributed by atoms with Gasteiger partial charge >= 0.3 is 5.97 Å². The van der Waals surface area contributed by atoms with E-state index in [1.54, 1.807) is 0 Å². The van der Waals surface area contributed by atoms with Crippen molar-refractivity contribution in [2.45, 2.75) is 114 Å². The largest absolute Gasteiger partial charge is 0.467 e. The second-order valence-electron chi connectivity index (χ2n) is 15.5. The molecule has 3 rings (SSSR count). The van der Waals surface area contributed by atoms with E-state index in [-0.39, 0.29) is 47.3 Å². The first-order valence-corrected chi connectivity index (χ1v) is 21.9. The van der Waals surface area contributed by atoms with Gasteiger partial charge in [-0.05, 0) is 86.7 Å². The Kier molecular flexibility index (Phi) is 23.3. The maximum absolute atomic E-state index is 13.0. The van der Waals surface area contributed by atoms with E-state index >= 15 is 0 Å². The van der Waals surface area contributed by atoms with E-state index < -0.39 is 48.9 Å². The SMILES string of the molecule is CCCCCCN(CCCC[C@H](NC(=O)CCc1ccc(-c2ccc(CCCCN=C(N)NC(=O)c3nc(Cl)c(N)nc3N)cc2)cc1)C(=O)OC)C[C@H](O)[C@@H](O)[C@H](O)[C@H](O)CO. The number of hydrogen-bond acceptors (Lipinski definition) is 15. The molecule has 3 aromatic rings. The molecule has 0 saturated heterocycles. The van der Waals surface area contributed by atoms with Crippen LogP contribution in [0.5, 0.6) is 0 Å². The summed E-state index contributed by atoms with van der Waals surface area (Å²) < 4.78 is 4.97. The average Bonchev–Trinajstić information content (AvgIpc) is 3.28. The lowest BCUT2D eigenvalue weighted by molar-refractivity contribution is -0.145. The molecular formula is C44H66ClN9O9. The van der Waals surface area contributed by atoms with Gasteiger partial charge in [0.2, 0.25) is 5.91 Å². The van der Waals surface area contributed by atoms with Crippen molar-refractivity contribution in [2.75, 3.05) is 51.4 Å². The lowest BCUT2D eigenvalue weighted by Gasteiger charge is -2.30. The number of aromatic nitrogens is 2. The van der Waals surface area contributed by atoms with Crippen LogP contribution in [0.1, 0.15) is 92.7 Å². The van der Waals surface area contributed by atoms with Crippen LogP contribution < -0.4 is 27.8 Å². The molecule has 0 radical (unpaired) electrons. The smallest absolute Gasteiger partial charge is 0.328 e. The fraction of sp³-hybridized carbons (Fsp3) is 0.545. The molecule has 19 heteroatoms. The number of ether oxygens (including phenoxy) is 1. The molecule has 0 aliphatic carbocycles. The number of aliphatic imine (C=N–C) groups is 1. The number of anilines is 2. The van der Waals surface area contributed by atoms with Crippen molar-refractivity contribution in [1.29, 1.82) is 0 Å². The molecule has 1 aromatic heterocycles. The van der Waals surface area contributed by atoms with Crippen LogP contribution in [-0.4, -0.2) is 134 Å². The number of nitrogens with one attached hydrogen (secondary N) is 2. The van der Waals surface area contributed by atoms with Gasteiger partial charge in [0.05, 0.1) is 19.8 Å². The first kappa shape index (κ1) is 52.4. The van der Waals surface area contributed by atoms with Gasteiger partial charge in [-0.25, -0.2) is 14.8 Å². The molecule has 5 atom stereocenters. The summed E-state index contributed by atoms with van der Waals surface area (Å²) in [6.07, 6.45) is 2.35. The highest BCUT2D eigenvalue weighted by Gasteiger charge is 2.31. The predicted octanol–water partition coefficient (Wildman–Crippen LogP) is 2.11. The molecule has 2 aromatic carbocycles. The number of guanidine groups is 1. The first-order valence-electron chi connectivity index (χ1n) is 21.5. The van der Waals surface area contributed by atoms with Crippen LogP contribution >= 0.6 is 11.6 Å². The van der Waals surface area contributed by atoms with Crippen molar-refractivity contribution < 1.29 is 44.7 Å². The number of aryl methyl sites for hydroxylation is 2. The Balaban J connectivity index is 1.41. The molecule has 348 valence electrons. The minimum absolute atomic E-state index is 0.0489. The highest BCUT2D eigenvalue weighted by molar-refractivity contribution is 6.31. The fourth-order valence-corrected chi connectivity index (χ4v) is 6.91. The number of amides is 2. The molecule has 18 nitrogen and oxygen atoms in total. The van der Waals surface area contributed by atoms with E-state index in [4.69, 9.17) is 38.6 Å². The monoisotopic (exact) mass is 899 g/mol. The molecule has 0 unspecified atom stereocenters. The third-order valence-corrected chi connectivity index (χ3v) is 10.8. The Bertz CT molecular complexity index is 1890. The van der Waals surface area contributed by atoms with Crippen molar-refractivity contribution in [1.82, 2.24) is 25.5 Å². The number of halogens is 1. The summed E-state index contributed by atoms with van der Waals surface area (Å²) in [6.45, 7) is 2.99. The number of carbonyl (C=O) groups excluding carboxylic acids is 3. The maximum Gasteiger partial charge on any atom is 0.328 e. The molecule has 0 aliphatic heterocycles. The number of hydrogen-bond donors (Lipinski definition) is 10. The number of benzene rings is 2. The number of rotatable bonds is 28. The molecule has 0 bridgehead atoms. The minimum atomic E-state index is -1.70. The number of carbonyl (C=O) groups is 3. The normalized spacial score (nSPS) is 14.1. The molecule has 13 N–H and O–H groups in total. The van der Waals surface area contributed by atoms with Gasteiger partial charge in [0, 0.05) is 19.5 Å². The van der Waals surface area contributed by atoms with E-state index in [9.17, 15) is 34.8 Å². The number of nitrogen functional groups attached to an aromatic ring is 2. The maximum atomic E-state index is 13.0. The van der Waals surface area contributed by atoms with Crippen LogP contribution in [0, 0.1) is 0 Å². The lowest BCUT2D eigenvalue weighted by atomic mass is 9.99. The van der Waals surface area contributed by atoms with E-state index in [1.807, 2.05) is 29.2 Å². The van der Waals surface area contributed by atoms with Gasteiger partial charge in [0.25, 0.3) is 5.91 Å². The molecule has 0 saturated carbocycles. The average molecular weight is 901 g/mol. The number of nitrogens with two attached hydrogens (primary N) is 3. The zero-order valence-electron chi connectivity index (χ0n) is 36.3. The summed E-state index contributed by atoms with van der Waals surface area (Å²) in [7, 11) is 1.28. The summed E-state index contributed by atoms with van der Waals surface area (Å²) >= 11 is 5.84. The second kappa shape index (κ2) is 28.0. The van der Waals surface area contributed by atoms with Gasteiger partial charge in [0.15, 0.2) is 28.4 Å².